The molecule has 6 nitrogen and oxygen atoms in total. The van der Waals surface area contributed by atoms with Gasteiger partial charge >= 0.3 is 5.76 Å². The lowest BCUT2D eigenvalue weighted by Crippen LogP contribution is -2.40. The summed E-state index contributed by atoms with van der Waals surface area (Å²) in [6.45, 7) is -0.115. The number of carbonyl (C=O) groups is 2. The number of halogens is 4. The fourth-order valence-electron chi connectivity index (χ4n) is 2.52. The maximum Gasteiger partial charge on any atom is 0.355 e. The molecule has 1 atom stereocenters. The quantitative estimate of drug-likeness (QED) is 0.756. The van der Waals surface area contributed by atoms with Crippen LogP contribution in [-0.2, 0) is 26.2 Å². The molecular weight excluding hydrogens is 368 g/mol. The average Bonchev–Trinajstić information content (AvgIpc) is 2.83. The second-order valence-corrected chi connectivity index (χ2v) is 7.15. The van der Waals surface area contributed by atoms with Crippen LogP contribution in [0.1, 0.15) is 24.8 Å². The third kappa shape index (κ3) is 4.68. The molecule has 1 saturated heterocycles. The van der Waals surface area contributed by atoms with Gasteiger partial charge in [-0.3, -0.25) is 9.59 Å². The molecule has 0 aromatic heterocycles. The first-order valence-corrected chi connectivity index (χ1v) is 8.71. The Bertz CT molecular complexity index is 785. The van der Waals surface area contributed by atoms with Gasteiger partial charge in [-0.15, -0.1) is 0 Å². The van der Waals surface area contributed by atoms with Crippen LogP contribution in [0.3, 0.4) is 0 Å². The Morgan fingerprint density at radius 1 is 1.28 bits per heavy atom. The highest BCUT2D eigenvalue weighted by Gasteiger charge is 2.34. The van der Waals surface area contributed by atoms with Gasteiger partial charge in [-0.1, -0.05) is 6.07 Å². The van der Waals surface area contributed by atoms with E-state index in [4.69, 9.17) is 0 Å². The maximum absolute atomic E-state index is 13.2. The SMILES string of the molecule is O=C(CC1CCC(=O)N1Cc1ccc(F)c(F)c1)NS(=O)(=O)C(F)F. The third-order valence-corrected chi connectivity index (χ3v) is 4.68. The van der Waals surface area contributed by atoms with E-state index in [2.05, 4.69) is 0 Å². The fourth-order valence-corrected chi connectivity index (χ4v) is 3.01. The van der Waals surface area contributed by atoms with Gasteiger partial charge in [0.2, 0.25) is 11.8 Å². The van der Waals surface area contributed by atoms with Crippen LogP contribution in [0.15, 0.2) is 18.2 Å². The van der Waals surface area contributed by atoms with Crippen LogP contribution in [0.2, 0.25) is 0 Å². The molecule has 1 aromatic carbocycles. The summed E-state index contributed by atoms with van der Waals surface area (Å²) >= 11 is 0. The van der Waals surface area contributed by atoms with E-state index in [0.29, 0.717) is 0 Å². The summed E-state index contributed by atoms with van der Waals surface area (Å²) in [5.41, 5.74) is 0.278. The standard InChI is InChI=1S/C14H14F4N2O4S/c15-10-3-1-8(5-11(10)16)7-20-9(2-4-13(20)22)6-12(21)19-25(23,24)14(17)18/h1,3,5,9,14H,2,4,6-7H2,(H,19,21). The molecule has 0 saturated carbocycles. The van der Waals surface area contributed by atoms with Crippen molar-refractivity contribution in [3.63, 3.8) is 0 Å². The van der Waals surface area contributed by atoms with Gasteiger partial charge in [0.1, 0.15) is 0 Å². The van der Waals surface area contributed by atoms with E-state index in [0.717, 1.165) is 12.1 Å². The largest absolute Gasteiger partial charge is 0.355 e. The second-order valence-electron chi connectivity index (χ2n) is 5.50. The van der Waals surface area contributed by atoms with Crippen LogP contribution < -0.4 is 4.72 Å². The predicted molar refractivity (Wildman–Crippen MR) is 77.6 cm³/mol. The average molecular weight is 382 g/mol. The van der Waals surface area contributed by atoms with Crippen LogP contribution in [0.4, 0.5) is 17.6 Å². The highest BCUT2D eigenvalue weighted by Crippen LogP contribution is 2.24. The van der Waals surface area contributed by atoms with Crippen molar-refractivity contribution in [3.8, 4) is 0 Å². The number of benzene rings is 1. The highest BCUT2D eigenvalue weighted by molar-refractivity contribution is 7.90. The van der Waals surface area contributed by atoms with E-state index >= 15 is 0 Å². The lowest BCUT2D eigenvalue weighted by atomic mass is 10.1. The molecule has 1 unspecified atom stereocenters. The Morgan fingerprint density at radius 2 is 1.96 bits per heavy atom. The van der Waals surface area contributed by atoms with Gasteiger partial charge in [-0.2, -0.15) is 8.78 Å². The lowest BCUT2D eigenvalue weighted by Gasteiger charge is -2.24. The van der Waals surface area contributed by atoms with Crippen molar-refractivity contribution in [2.24, 2.45) is 0 Å². The molecule has 2 amide bonds. The molecule has 1 heterocycles. The van der Waals surface area contributed by atoms with Crippen LogP contribution in [-0.4, -0.2) is 36.9 Å². The molecule has 1 aromatic rings. The van der Waals surface area contributed by atoms with Gasteiger partial charge in [0.15, 0.2) is 11.6 Å². The van der Waals surface area contributed by atoms with Crippen molar-refractivity contribution in [2.75, 3.05) is 0 Å². The van der Waals surface area contributed by atoms with Gasteiger partial charge in [-0.25, -0.2) is 21.9 Å². The number of nitrogens with zero attached hydrogens (tertiary/aromatic N) is 1. The van der Waals surface area contributed by atoms with Crippen molar-refractivity contribution >= 4 is 21.8 Å². The third-order valence-electron chi connectivity index (χ3n) is 3.70. The minimum atomic E-state index is -5.07. The van der Waals surface area contributed by atoms with Gasteiger partial charge in [0, 0.05) is 25.4 Å². The molecule has 0 spiro atoms. The summed E-state index contributed by atoms with van der Waals surface area (Å²) in [5.74, 6) is -7.43. The number of carbonyl (C=O) groups excluding carboxylic acids is 2. The van der Waals surface area contributed by atoms with Crippen molar-refractivity contribution in [1.29, 1.82) is 0 Å². The van der Waals surface area contributed by atoms with Crippen LogP contribution in [0, 0.1) is 11.6 Å². The van der Waals surface area contributed by atoms with Gasteiger partial charge in [0.05, 0.1) is 0 Å². The first-order chi connectivity index (χ1) is 11.6. The Kier molecular flexibility index (Phi) is 5.65. The Labute approximate surface area is 140 Å². The van der Waals surface area contributed by atoms with Crippen molar-refractivity contribution in [2.45, 2.75) is 37.6 Å². The maximum atomic E-state index is 13.2. The smallest absolute Gasteiger partial charge is 0.335 e. The van der Waals surface area contributed by atoms with Gasteiger partial charge in [0.25, 0.3) is 10.0 Å². The predicted octanol–water partition coefficient (Wildman–Crippen LogP) is 1.51. The monoisotopic (exact) mass is 382 g/mol. The number of likely N-dealkylation sites (tertiary alicyclic amines) is 1. The molecular formula is C14H14F4N2O4S. The zero-order valence-corrected chi connectivity index (χ0v) is 13.5. The number of rotatable bonds is 6. The number of hydrogen-bond acceptors (Lipinski definition) is 4. The molecule has 1 fully saturated rings. The summed E-state index contributed by atoms with van der Waals surface area (Å²) in [5, 5.41) is 0. The minimum absolute atomic E-state index is 0.0726. The zero-order chi connectivity index (χ0) is 18.8. The van der Waals surface area contributed by atoms with E-state index < -0.39 is 45.8 Å². The van der Waals surface area contributed by atoms with E-state index in [1.165, 1.54) is 15.7 Å². The number of nitrogens with one attached hydrogen (secondary N) is 1. The molecule has 0 bridgehead atoms. The van der Waals surface area contributed by atoms with Crippen LogP contribution in [0.5, 0.6) is 0 Å². The van der Waals surface area contributed by atoms with E-state index in [-0.39, 0.29) is 30.9 Å². The number of alkyl halides is 2. The fraction of sp³-hybridized carbons (Fsp3) is 0.429. The first kappa shape index (κ1) is 19.2. The van der Waals surface area contributed by atoms with Crippen molar-refractivity contribution in [1.82, 2.24) is 9.62 Å². The molecule has 1 N–H and O–H groups in total. The van der Waals surface area contributed by atoms with Gasteiger partial charge < -0.3 is 4.90 Å². The zero-order valence-electron chi connectivity index (χ0n) is 12.7. The van der Waals surface area contributed by atoms with Crippen molar-refractivity contribution < 1.29 is 35.6 Å². The lowest BCUT2D eigenvalue weighted by molar-refractivity contribution is -0.130. The topological polar surface area (TPSA) is 83.6 Å². The molecule has 1 aliphatic heterocycles. The minimum Gasteiger partial charge on any atom is -0.335 e. The summed E-state index contributed by atoms with van der Waals surface area (Å²) in [4.78, 5) is 24.8. The molecule has 1 aliphatic rings. The van der Waals surface area contributed by atoms with E-state index in [1.54, 1.807) is 0 Å². The number of amides is 2. The van der Waals surface area contributed by atoms with E-state index in [1.807, 2.05) is 0 Å². The summed E-state index contributed by atoms with van der Waals surface area (Å²) in [6, 6.07) is 2.33. The molecule has 2 rings (SSSR count). The molecule has 138 valence electrons. The van der Waals surface area contributed by atoms with Gasteiger partial charge in [-0.05, 0) is 24.1 Å². The van der Waals surface area contributed by atoms with E-state index in [9.17, 15) is 35.6 Å². The molecule has 25 heavy (non-hydrogen) atoms. The Balaban J connectivity index is 2.06. The summed E-state index contributed by atoms with van der Waals surface area (Å²) < 4.78 is 73.9. The molecule has 0 aliphatic carbocycles. The van der Waals surface area contributed by atoms with Crippen molar-refractivity contribution in [3.05, 3.63) is 35.4 Å². The molecule has 0 radical (unpaired) electrons. The van der Waals surface area contributed by atoms with Crippen LogP contribution in [0.25, 0.3) is 0 Å². The highest BCUT2D eigenvalue weighted by atomic mass is 32.2. The van der Waals surface area contributed by atoms with Crippen LogP contribution >= 0.6 is 0 Å². The Hall–Kier alpha value is -2.17. The molecule has 11 heteroatoms. The second kappa shape index (κ2) is 7.38. The Morgan fingerprint density at radius 3 is 2.56 bits per heavy atom. The summed E-state index contributed by atoms with van der Waals surface area (Å²) in [6.07, 6.45) is -0.213. The normalized spacial score (nSPS) is 18.0. The summed E-state index contributed by atoms with van der Waals surface area (Å²) in [7, 11) is -5.07. The number of hydrogen-bond donors (Lipinski definition) is 1. The first-order valence-electron chi connectivity index (χ1n) is 7.16. The number of sulfonamides is 1.